The summed E-state index contributed by atoms with van der Waals surface area (Å²) < 4.78 is 0. The summed E-state index contributed by atoms with van der Waals surface area (Å²) in [6, 6.07) is 11.1. The fourth-order valence-corrected chi connectivity index (χ4v) is 3.52. The van der Waals surface area contributed by atoms with Crippen molar-refractivity contribution in [1.82, 2.24) is 15.3 Å². The van der Waals surface area contributed by atoms with Crippen molar-refractivity contribution in [3.8, 4) is 0 Å². The lowest BCUT2D eigenvalue weighted by Crippen LogP contribution is -2.31. The quantitative estimate of drug-likeness (QED) is 0.453. The number of pyridine rings is 1. The van der Waals surface area contributed by atoms with Crippen molar-refractivity contribution in [2.75, 3.05) is 25.5 Å². The van der Waals surface area contributed by atoms with Gasteiger partial charge in [-0.05, 0) is 47.7 Å². The van der Waals surface area contributed by atoms with E-state index in [0.717, 1.165) is 11.3 Å². The lowest BCUT2D eigenvalue weighted by Gasteiger charge is -2.12. The van der Waals surface area contributed by atoms with E-state index in [1.54, 1.807) is 18.2 Å². The number of benzene rings is 1. The predicted octanol–water partition coefficient (Wildman–Crippen LogP) is 2.95. The minimum atomic E-state index is -0.372. The van der Waals surface area contributed by atoms with E-state index >= 15 is 0 Å². The minimum Gasteiger partial charge on any atom is -0.378 e. The fourth-order valence-electron chi connectivity index (χ4n) is 2.57. The van der Waals surface area contributed by atoms with Crippen LogP contribution in [0, 0.1) is 0 Å². The van der Waals surface area contributed by atoms with Crippen molar-refractivity contribution < 1.29 is 9.59 Å². The maximum atomic E-state index is 12.8. The molecule has 0 atom stereocenters. The fraction of sp³-hybridized carbons (Fsp3) is 0.143. The number of hydrogen-bond donors (Lipinski definition) is 1. The van der Waals surface area contributed by atoms with E-state index in [1.165, 1.54) is 29.1 Å². The highest BCUT2D eigenvalue weighted by Gasteiger charge is 2.32. The number of anilines is 1. The van der Waals surface area contributed by atoms with Gasteiger partial charge in [0.25, 0.3) is 11.8 Å². The lowest BCUT2D eigenvalue weighted by molar-refractivity contribution is -0.121. The molecule has 2 aromatic rings. The molecule has 3 rings (SSSR count). The number of nitrogens with zero attached hydrogens (tertiary/aromatic N) is 4. The minimum absolute atomic E-state index is 0.177. The molecule has 1 aliphatic rings. The SMILES string of the molecule is C=CCN1C(=O)C(=Cc2ccc(N(C)C)cc2)SC1=NNC(=O)c1ccncc1. The van der Waals surface area contributed by atoms with Crippen LogP contribution in [0.25, 0.3) is 6.08 Å². The van der Waals surface area contributed by atoms with Crippen LogP contribution in [0.2, 0.25) is 0 Å². The second-order valence-electron chi connectivity index (χ2n) is 6.37. The van der Waals surface area contributed by atoms with Crippen LogP contribution >= 0.6 is 11.8 Å². The molecule has 1 fully saturated rings. The number of thioether (sulfide) groups is 1. The highest BCUT2D eigenvalue weighted by molar-refractivity contribution is 8.18. The zero-order valence-electron chi connectivity index (χ0n) is 16.2. The third-order valence-electron chi connectivity index (χ3n) is 4.10. The van der Waals surface area contributed by atoms with Gasteiger partial charge in [0.05, 0.1) is 4.91 Å². The summed E-state index contributed by atoms with van der Waals surface area (Å²) in [5.74, 6) is -0.549. The molecule has 0 saturated carbocycles. The van der Waals surface area contributed by atoms with Crippen LogP contribution in [0.5, 0.6) is 0 Å². The summed E-state index contributed by atoms with van der Waals surface area (Å²) in [5, 5.41) is 4.55. The summed E-state index contributed by atoms with van der Waals surface area (Å²) in [6.45, 7) is 3.99. The molecule has 1 aromatic carbocycles. The first-order valence-corrected chi connectivity index (χ1v) is 9.69. The Morgan fingerprint density at radius 2 is 1.93 bits per heavy atom. The molecule has 0 bridgehead atoms. The van der Waals surface area contributed by atoms with Crippen LogP contribution < -0.4 is 10.3 Å². The zero-order valence-corrected chi connectivity index (χ0v) is 17.0. The monoisotopic (exact) mass is 407 g/mol. The van der Waals surface area contributed by atoms with Gasteiger partial charge in [0.2, 0.25) is 0 Å². The maximum Gasteiger partial charge on any atom is 0.271 e. The van der Waals surface area contributed by atoms with E-state index in [0.29, 0.717) is 22.2 Å². The van der Waals surface area contributed by atoms with Gasteiger partial charge in [-0.15, -0.1) is 11.7 Å². The standard InChI is InChI=1S/C21H21N5O2S/c1-4-13-26-20(28)18(14-15-5-7-17(8-6-15)25(2)3)29-21(26)24-23-19(27)16-9-11-22-12-10-16/h4-12,14H,1,13H2,2-3H3,(H,23,27). The molecule has 1 aliphatic heterocycles. The molecule has 0 unspecified atom stereocenters. The zero-order chi connectivity index (χ0) is 20.8. The Kier molecular flexibility index (Phi) is 6.46. The number of hydrogen-bond acceptors (Lipinski definition) is 6. The summed E-state index contributed by atoms with van der Waals surface area (Å²) in [7, 11) is 3.94. The highest BCUT2D eigenvalue weighted by Crippen LogP contribution is 2.32. The number of nitrogens with one attached hydrogen (secondary N) is 1. The van der Waals surface area contributed by atoms with Crippen molar-refractivity contribution in [2.45, 2.75) is 0 Å². The molecule has 29 heavy (non-hydrogen) atoms. The van der Waals surface area contributed by atoms with Crippen molar-refractivity contribution in [1.29, 1.82) is 0 Å². The highest BCUT2D eigenvalue weighted by atomic mass is 32.2. The molecule has 1 aromatic heterocycles. The van der Waals surface area contributed by atoms with Crippen LogP contribution in [0.3, 0.4) is 0 Å². The number of carbonyl (C=O) groups is 2. The van der Waals surface area contributed by atoms with E-state index in [2.05, 4.69) is 22.1 Å². The van der Waals surface area contributed by atoms with Crippen LogP contribution in [-0.4, -0.2) is 47.5 Å². The van der Waals surface area contributed by atoms with Gasteiger partial charge >= 0.3 is 0 Å². The Labute approximate surface area is 173 Å². The largest absolute Gasteiger partial charge is 0.378 e. The first kappa shape index (κ1) is 20.3. The van der Waals surface area contributed by atoms with Crippen LogP contribution in [-0.2, 0) is 4.79 Å². The Bertz CT molecular complexity index is 968. The van der Waals surface area contributed by atoms with Gasteiger partial charge in [0.15, 0.2) is 5.17 Å². The Balaban J connectivity index is 1.80. The Morgan fingerprint density at radius 1 is 1.24 bits per heavy atom. The van der Waals surface area contributed by atoms with Gasteiger partial charge in [0, 0.05) is 44.3 Å². The van der Waals surface area contributed by atoms with Crippen LogP contribution in [0.4, 0.5) is 5.69 Å². The molecule has 1 saturated heterocycles. The molecule has 0 aliphatic carbocycles. The maximum absolute atomic E-state index is 12.8. The van der Waals surface area contributed by atoms with E-state index in [9.17, 15) is 9.59 Å². The number of rotatable bonds is 6. The van der Waals surface area contributed by atoms with Crippen molar-refractivity contribution in [2.24, 2.45) is 5.10 Å². The average molecular weight is 407 g/mol. The second-order valence-corrected chi connectivity index (χ2v) is 7.38. The van der Waals surface area contributed by atoms with Crippen molar-refractivity contribution in [3.05, 3.63) is 77.5 Å². The number of amides is 2. The Morgan fingerprint density at radius 3 is 2.55 bits per heavy atom. The topological polar surface area (TPSA) is 77.9 Å². The molecule has 2 heterocycles. The molecule has 148 valence electrons. The van der Waals surface area contributed by atoms with E-state index in [1.807, 2.05) is 49.3 Å². The Hall–Kier alpha value is -3.39. The predicted molar refractivity (Wildman–Crippen MR) is 117 cm³/mol. The molecular formula is C21H21N5O2S. The van der Waals surface area contributed by atoms with Crippen molar-refractivity contribution in [3.63, 3.8) is 0 Å². The van der Waals surface area contributed by atoms with E-state index in [-0.39, 0.29) is 11.8 Å². The second kappa shape index (κ2) is 9.20. The smallest absolute Gasteiger partial charge is 0.271 e. The lowest BCUT2D eigenvalue weighted by atomic mass is 10.2. The molecule has 7 nitrogen and oxygen atoms in total. The van der Waals surface area contributed by atoms with E-state index < -0.39 is 0 Å². The third-order valence-corrected chi connectivity index (χ3v) is 5.11. The van der Waals surface area contributed by atoms with Gasteiger partial charge in [-0.3, -0.25) is 19.5 Å². The average Bonchev–Trinajstić information content (AvgIpc) is 3.02. The summed E-state index contributed by atoms with van der Waals surface area (Å²) >= 11 is 1.21. The summed E-state index contributed by atoms with van der Waals surface area (Å²) in [5.41, 5.74) is 4.91. The molecule has 0 radical (unpaired) electrons. The summed E-state index contributed by atoms with van der Waals surface area (Å²) in [6.07, 6.45) is 6.49. The first-order chi connectivity index (χ1) is 14.0. The number of amidine groups is 1. The number of hydrazone groups is 1. The number of aromatic nitrogens is 1. The van der Waals surface area contributed by atoms with Gasteiger partial charge in [-0.25, -0.2) is 5.43 Å². The number of carbonyl (C=O) groups excluding carboxylic acids is 2. The van der Waals surface area contributed by atoms with Gasteiger partial charge in [0.1, 0.15) is 0 Å². The summed E-state index contributed by atoms with van der Waals surface area (Å²) in [4.78, 5) is 32.9. The van der Waals surface area contributed by atoms with Gasteiger partial charge in [-0.1, -0.05) is 18.2 Å². The molecule has 8 heteroatoms. The normalized spacial score (nSPS) is 16.3. The molecule has 0 spiro atoms. The van der Waals surface area contributed by atoms with E-state index in [4.69, 9.17) is 0 Å². The van der Waals surface area contributed by atoms with Crippen LogP contribution in [0.15, 0.2) is 71.5 Å². The third kappa shape index (κ3) is 4.91. The molecule has 1 N–H and O–H groups in total. The van der Waals surface area contributed by atoms with Crippen LogP contribution in [0.1, 0.15) is 15.9 Å². The first-order valence-electron chi connectivity index (χ1n) is 8.87. The molecular weight excluding hydrogens is 386 g/mol. The van der Waals surface area contributed by atoms with Gasteiger partial charge in [-0.2, -0.15) is 0 Å². The van der Waals surface area contributed by atoms with Crippen molar-refractivity contribution >= 4 is 40.5 Å². The molecule has 2 amide bonds. The van der Waals surface area contributed by atoms with Gasteiger partial charge < -0.3 is 4.90 Å².